The molecule has 16 heavy (non-hydrogen) atoms. The first-order valence-corrected chi connectivity index (χ1v) is 6.39. The van der Waals surface area contributed by atoms with E-state index < -0.39 is 0 Å². The summed E-state index contributed by atoms with van der Waals surface area (Å²) in [5.74, 6) is 0.152. The van der Waals surface area contributed by atoms with Gasteiger partial charge in [-0.05, 0) is 33.4 Å². The average Bonchev–Trinajstić information content (AvgIpc) is 2.29. The van der Waals surface area contributed by atoms with Gasteiger partial charge in [0.25, 0.3) is 0 Å². The van der Waals surface area contributed by atoms with E-state index in [9.17, 15) is 4.79 Å². The molecule has 94 valence electrons. The summed E-state index contributed by atoms with van der Waals surface area (Å²) in [5, 5.41) is 5.94. The number of nitrogens with one attached hydrogen (secondary N) is 2. The summed E-state index contributed by atoms with van der Waals surface area (Å²) < 4.78 is 0. The van der Waals surface area contributed by atoms with E-state index in [2.05, 4.69) is 22.5 Å². The average molecular weight is 227 g/mol. The van der Waals surface area contributed by atoms with Crippen LogP contribution in [-0.4, -0.2) is 50.1 Å². The summed E-state index contributed by atoms with van der Waals surface area (Å²) in [7, 11) is 1.86. The highest BCUT2D eigenvalue weighted by Crippen LogP contribution is 2.15. The van der Waals surface area contributed by atoms with E-state index in [1.807, 2.05) is 7.05 Å². The van der Waals surface area contributed by atoms with Crippen molar-refractivity contribution in [3.05, 3.63) is 0 Å². The van der Waals surface area contributed by atoms with Crippen molar-refractivity contribution in [1.82, 2.24) is 15.5 Å². The largest absolute Gasteiger partial charge is 0.355 e. The van der Waals surface area contributed by atoms with Crippen molar-refractivity contribution in [2.45, 2.75) is 38.6 Å². The smallest absolute Gasteiger partial charge is 0.221 e. The van der Waals surface area contributed by atoms with Crippen LogP contribution in [0.1, 0.15) is 32.6 Å². The summed E-state index contributed by atoms with van der Waals surface area (Å²) in [5.41, 5.74) is 0. The van der Waals surface area contributed by atoms with Gasteiger partial charge in [0.1, 0.15) is 0 Å². The van der Waals surface area contributed by atoms with E-state index in [4.69, 9.17) is 0 Å². The van der Waals surface area contributed by atoms with Crippen molar-refractivity contribution in [3.8, 4) is 0 Å². The third-order valence-corrected chi connectivity index (χ3v) is 3.26. The van der Waals surface area contributed by atoms with Gasteiger partial charge in [0, 0.05) is 32.1 Å². The van der Waals surface area contributed by atoms with Crippen LogP contribution in [0.3, 0.4) is 0 Å². The molecular formula is C12H25N3O. The lowest BCUT2D eigenvalue weighted by Gasteiger charge is -2.33. The third kappa shape index (κ3) is 4.94. The van der Waals surface area contributed by atoms with Gasteiger partial charge in [-0.3, -0.25) is 9.69 Å². The molecule has 0 aromatic carbocycles. The van der Waals surface area contributed by atoms with Crippen LogP contribution in [-0.2, 0) is 4.79 Å². The zero-order chi connectivity index (χ0) is 11.8. The van der Waals surface area contributed by atoms with Crippen LogP contribution in [0.5, 0.6) is 0 Å². The molecule has 0 radical (unpaired) electrons. The van der Waals surface area contributed by atoms with Crippen LogP contribution in [0, 0.1) is 0 Å². The fraction of sp³-hybridized carbons (Fsp3) is 0.917. The molecule has 0 bridgehead atoms. The maximum Gasteiger partial charge on any atom is 0.221 e. The minimum Gasteiger partial charge on any atom is -0.355 e. The third-order valence-electron chi connectivity index (χ3n) is 3.26. The van der Waals surface area contributed by atoms with Crippen molar-refractivity contribution in [2.75, 3.05) is 33.2 Å². The Morgan fingerprint density at radius 1 is 1.38 bits per heavy atom. The number of nitrogens with zero attached hydrogens (tertiary/aromatic N) is 1. The van der Waals surface area contributed by atoms with Gasteiger partial charge in [-0.25, -0.2) is 0 Å². The highest BCUT2D eigenvalue weighted by molar-refractivity contribution is 5.76. The van der Waals surface area contributed by atoms with Crippen LogP contribution >= 0.6 is 0 Å². The number of rotatable bonds is 6. The molecule has 1 rings (SSSR count). The number of carbonyl (C=O) groups is 1. The van der Waals surface area contributed by atoms with E-state index in [-0.39, 0.29) is 5.91 Å². The van der Waals surface area contributed by atoms with Gasteiger partial charge in [0.2, 0.25) is 5.91 Å². The molecule has 0 aromatic rings. The molecule has 1 unspecified atom stereocenters. The minimum atomic E-state index is 0.152. The van der Waals surface area contributed by atoms with Crippen LogP contribution in [0.15, 0.2) is 0 Å². The minimum absolute atomic E-state index is 0.152. The molecule has 0 aliphatic carbocycles. The normalized spacial score (nSPS) is 22.0. The lowest BCUT2D eigenvalue weighted by atomic mass is 10.0. The standard InChI is InChI=1S/C12H25N3O/c1-11-5-3-4-9-15(11)10-8-14-12(16)6-7-13-2/h11,13H,3-10H2,1-2H3,(H,14,16). The van der Waals surface area contributed by atoms with E-state index in [0.717, 1.165) is 19.6 Å². The van der Waals surface area contributed by atoms with Crippen molar-refractivity contribution >= 4 is 5.91 Å². The molecule has 1 saturated heterocycles. The summed E-state index contributed by atoms with van der Waals surface area (Å²) in [6.45, 7) is 6.00. The number of piperidine rings is 1. The number of amides is 1. The van der Waals surface area contributed by atoms with Gasteiger partial charge in [-0.15, -0.1) is 0 Å². The maximum atomic E-state index is 11.4. The fourth-order valence-electron chi connectivity index (χ4n) is 2.16. The van der Waals surface area contributed by atoms with Gasteiger partial charge in [0.05, 0.1) is 0 Å². The molecule has 2 N–H and O–H groups in total. The predicted molar refractivity (Wildman–Crippen MR) is 66.4 cm³/mol. The Balaban J connectivity index is 2.07. The molecule has 1 aliphatic heterocycles. The molecule has 1 aliphatic rings. The van der Waals surface area contributed by atoms with Crippen molar-refractivity contribution in [2.24, 2.45) is 0 Å². The zero-order valence-corrected chi connectivity index (χ0v) is 10.6. The van der Waals surface area contributed by atoms with E-state index in [0.29, 0.717) is 12.5 Å². The van der Waals surface area contributed by atoms with E-state index >= 15 is 0 Å². The van der Waals surface area contributed by atoms with Crippen molar-refractivity contribution in [1.29, 1.82) is 0 Å². The van der Waals surface area contributed by atoms with Crippen molar-refractivity contribution in [3.63, 3.8) is 0 Å². The Morgan fingerprint density at radius 2 is 2.19 bits per heavy atom. The SMILES string of the molecule is CNCCC(=O)NCCN1CCCCC1C. The van der Waals surface area contributed by atoms with Crippen LogP contribution < -0.4 is 10.6 Å². The molecule has 0 saturated carbocycles. The molecule has 4 heteroatoms. The Kier molecular flexibility index (Phi) is 6.42. The molecule has 0 spiro atoms. The quantitative estimate of drug-likeness (QED) is 0.698. The van der Waals surface area contributed by atoms with E-state index in [1.165, 1.54) is 25.8 Å². The first kappa shape index (κ1) is 13.5. The maximum absolute atomic E-state index is 11.4. The van der Waals surface area contributed by atoms with Crippen molar-refractivity contribution < 1.29 is 4.79 Å². The van der Waals surface area contributed by atoms with Gasteiger partial charge < -0.3 is 10.6 Å². The summed E-state index contributed by atoms with van der Waals surface area (Å²) in [6, 6.07) is 0.683. The van der Waals surface area contributed by atoms with Crippen LogP contribution in [0.2, 0.25) is 0 Å². The summed E-state index contributed by atoms with van der Waals surface area (Å²) in [4.78, 5) is 13.8. The fourth-order valence-corrected chi connectivity index (χ4v) is 2.16. The van der Waals surface area contributed by atoms with Gasteiger partial charge in [-0.1, -0.05) is 6.42 Å². The molecule has 1 heterocycles. The second-order valence-corrected chi connectivity index (χ2v) is 4.58. The summed E-state index contributed by atoms with van der Waals surface area (Å²) >= 11 is 0. The molecular weight excluding hydrogens is 202 g/mol. The Bertz CT molecular complexity index is 208. The number of likely N-dealkylation sites (tertiary alicyclic amines) is 1. The van der Waals surface area contributed by atoms with Crippen LogP contribution in [0.25, 0.3) is 0 Å². The van der Waals surface area contributed by atoms with Gasteiger partial charge >= 0.3 is 0 Å². The molecule has 1 amide bonds. The lowest BCUT2D eigenvalue weighted by molar-refractivity contribution is -0.121. The topological polar surface area (TPSA) is 44.4 Å². The van der Waals surface area contributed by atoms with Gasteiger partial charge in [-0.2, -0.15) is 0 Å². The second kappa shape index (κ2) is 7.63. The monoisotopic (exact) mass is 227 g/mol. The van der Waals surface area contributed by atoms with Gasteiger partial charge in [0.15, 0.2) is 0 Å². The Hall–Kier alpha value is -0.610. The Morgan fingerprint density at radius 3 is 2.88 bits per heavy atom. The zero-order valence-electron chi connectivity index (χ0n) is 10.6. The highest BCUT2D eigenvalue weighted by atomic mass is 16.1. The highest BCUT2D eigenvalue weighted by Gasteiger charge is 2.17. The molecule has 1 atom stereocenters. The molecule has 1 fully saturated rings. The molecule has 0 aromatic heterocycles. The summed E-state index contributed by atoms with van der Waals surface area (Å²) in [6.07, 6.45) is 4.53. The number of hydrogen-bond donors (Lipinski definition) is 2. The number of hydrogen-bond acceptors (Lipinski definition) is 3. The second-order valence-electron chi connectivity index (χ2n) is 4.58. The first-order chi connectivity index (χ1) is 7.74. The van der Waals surface area contributed by atoms with Crippen LogP contribution in [0.4, 0.5) is 0 Å². The first-order valence-electron chi connectivity index (χ1n) is 6.39. The molecule has 4 nitrogen and oxygen atoms in total. The Labute approximate surface area is 98.8 Å². The number of carbonyl (C=O) groups excluding carboxylic acids is 1. The predicted octanol–water partition coefficient (Wildman–Crippen LogP) is 0.587. The lowest BCUT2D eigenvalue weighted by Crippen LogP contribution is -2.42. The van der Waals surface area contributed by atoms with E-state index in [1.54, 1.807) is 0 Å².